The molecule has 1 atom stereocenters. The van der Waals surface area contributed by atoms with Crippen LogP contribution in [0.15, 0.2) is 12.1 Å². The Hall–Kier alpha value is -1.21. The smallest absolute Gasteiger partial charge is 0.326 e. The fraction of sp³-hybridized carbons (Fsp3) is 0.538. The molecule has 0 heterocycles. The number of rotatable bonds is 7. The fourth-order valence-corrected chi connectivity index (χ4v) is 1.94. The maximum atomic E-state index is 13.4. The van der Waals surface area contributed by atoms with Crippen molar-refractivity contribution in [2.45, 2.75) is 32.2 Å². The first-order chi connectivity index (χ1) is 9.75. The summed E-state index contributed by atoms with van der Waals surface area (Å²) in [4.78, 5) is 0. The third-order valence-corrected chi connectivity index (χ3v) is 3.03. The van der Waals surface area contributed by atoms with Crippen molar-refractivity contribution >= 4 is 11.6 Å². The number of halogens is 5. The van der Waals surface area contributed by atoms with Crippen molar-refractivity contribution in [1.82, 2.24) is 0 Å². The molecule has 120 valence electrons. The van der Waals surface area contributed by atoms with Crippen molar-refractivity contribution in [2.24, 2.45) is 5.73 Å². The molecule has 1 aromatic rings. The van der Waals surface area contributed by atoms with Gasteiger partial charge in [-0.25, -0.2) is 8.78 Å². The average molecular weight is 330 g/mol. The predicted molar refractivity (Wildman–Crippen MR) is 71.7 cm³/mol. The van der Waals surface area contributed by atoms with Crippen LogP contribution in [0.4, 0.5) is 17.6 Å². The Morgan fingerprint density at radius 2 is 1.62 bits per heavy atom. The fourth-order valence-electron chi connectivity index (χ4n) is 1.67. The Balaban J connectivity index is 3.27. The second-order valence-corrected chi connectivity index (χ2v) is 4.55. The zero-order valence-corrected chi connectivity index (χ0v) is 12.3. The number of benzene rings is 1. The van der Waals surface area contributed by atoms with Crippen LogP contribution in [0.2, 0.25) is 5.02 Å². The first-order valence-electron chi connectivity index (χ1n) is 6.26. The minimum absolute atomic E-state index is 0.124. The first-order valence-corrected chi connectivity index (χ1v) is 6.64. The van der Waals surface area contributed by atoms with Gasteiger partial charge in [-0.15, -0.1) is 0 Å². The Kier molecular flexibility index (Phi) is 6.10. The van der Waals surface area contributed by atoms with E-state index in [1.165, 1.54) is 6.07 Å². The monoisotopic (exact) mass is 329 g/mol. The van der Waals surface area contributed by atoms with E-state index >= 15 is 0 Å². The van der Waals surface area contributed by atoms with Gasteiger partial charge in [-0.1, -0.05) is 11.6 Å². The number of ether oxygens (including phenoxy) is 2. The molecular formula is C13H16ClF4NO2. The van der Waals surface area contributed by atoms with Crippen molar-refractivity contribution in [2.75, 3.05) is 13.2 Å². The predicted octanol–water partition coefficient (Wildman–Crippen LogP) is 4.04. The summed E-state index contributed by atoms with van der Waals surface area (Å²) in [6, 6.07) is 0.0878. The summed E-state index contributed by atoms with van der Waals surface area (Å²) >= 11 is 5.85. The van der Waals surface area contributed by atoms with Crippen molar-refractivity contribution in [3.05, 3.63) is 22.7 Å². The molecule has 8 heteroatoms. The quantitative estimate of drug-likeness (QED) is 0.768. The Morgan fingerprint density at radius 3 is 2.05 bits per heavy atom. The molecule has 0 bridgehead atoms. The molecule has 0 spiro atoms. The van der Waals surface area contributed by atoms with E-state index in [1.54, 1.807) is 13.8 Å². The minimum Gasteiger partial charge on any atom is -0.490 e. The summed E-state index contributed by atoms with van der Waals surface area (Å²) < 4.78 is 62.0. The van der Waals surface area contributed by atoms with E-state index in [2.05, 4.69) is 0 Å². The normalized spacial score (nSPS) is 13.4. The van der Waals surface area contributed by atoms with Crippen LogP contribution in [0.3, 0.4) is 0 Å². The van der Waals surface area contributed by atoms with E-state index in [-0.39, 0.29) is 28.7 Å². The number of hydrogen-bond donors (Lipinski definition) is 1. The van der Waals surface area contributed by atoms with Crippen molar-refractivity contribution in [3.8, 4) is 11.5 Å². The molecule has 0 aliphatic rings. The van der Waals surface area contributed by atoms with Crippen LogP contribution in [0.5, 0.6) is 11.5 Å². The summed E-state index contributed by atoms with van der Waals surface area (Å²) in [6.45, 7) is 3.93. The van der Waals surface area contributed by atoms with Gasteiger partial charge in [0.15, 0.2) is 11.5 Å². The third-order valence-electron chi connectivity index (χ3n) is 2.70. The van der Waals surface area contributed by atoms with Gasteiger partial charge in [0.2, 0.25) is 0 Å². The van der Waals surface area contributed by atoms with Gasteiger partial charge >= 0.3 is 12.3 Å². The topological polar surface area (TPSA) is 44.5 Å². The lowest BCUT2D eigenvalue weighted by Crippen LogP contribution is -2.39. The lowest BCUT2D eigenvalue weighted by atomic mass is 10.0. The SMILES string of the molecule is CCOc1cc(Cl)c(C(N)C(F)(F)C(F)F)cc1OCC. The molecule has 0 radical (unpaired) electrons. The molecule has 0 fully saturated rings. The van der Waals surface area contributed by atoms with Crippen molar-refractivity contribution in [3.63, 3.8) is 0 Å². The Labute approximate surface area is 125 Å². The highest BCUT2D eigenvalue weighted by atomic mass is 35.5. The number of hydrogen-bond acceptors (Lipinski definition) is 3. The van der Waals surface area contributed by atoms with Crippen LogP contribution in [0, 0.1) is 0 Å². The largest absolute Gasteiger partial charge is 0.490 e. The highest BCUT2D eigenvalue weighted by Crippen LogP contribution is 2.42. The Morgan fingerprint density at radius 1 is 1.14 bits per heavy atom. The summed E-state index contributed by atoms with van der Waals surface area (Å²) in [7, 11) is 0. The van der Waals surface area contributed by atoms with Gasteiger partial charge in [-0.05, 0) is 25.5 Å². The molecule has 1 unspecified atom stereocenters. The molecule has 3 nitrogen and oxygen atoms in total. The van der Waals surface area contributed by atoms with Gasteiger partial charge in [-0.2, -0.15) is 8.78 Å². The van der Waals surface area contributed by atoms with Crippen LogP contribution in [-0.2, 0) is 0 Å². The lowest BCUT2D eigenvalue weighted by molar-refractivity contribution is -0.144. The standard InChI is InChI=1S/C13H16ClF4NO2/c1-3-20-9-5-7(8(14)6-10(9)21-4-2)11(19)13(17,18)12(15)16/h5-6,11-12H,3-4,19H2,1-2H3. The van der Waals surface area contributed by atoms with Crippen LogP contribution in [0.1, 0.15) is 25.5 Å². The van der Waals surface area contributed by atoms with Crippen LogP contribution in [-0.4, -0.2) is 25.6 Å². The second-order valence-electron chi connectivity index (χ2n) is 4.14. The van der Waals surface area contributed by atoms with E-state index in [1.807, 2.05) is 0 Å². The molecular weight excluding hydrogens is 314 g/mol. The third kappa shape index (κ3) is 3.91. The van der Waals surface area contributed by atoms with Crippen LogP contribution >= 0.6 is 11.6 Å². The summed E-state index contributed by atoms with van der Waals surface area (Å²) in [5.41, 5.74) is 4.93. The Bertz CT molecular complexity index is 485. The summed E-state index contributed by atoms with van der Waals surface area (Å²) in [5.74, 6) is -4.04. The van der Waals surface area contributed by atoms with Gasteiger partial charge in [0.25, 0.3) is 0 Å². The van der Waals surface area contributed by atoms with Crippen LogP contribution < -0.4 is 15.2 Å². The van der Waals surface area contributed by atoms with E-state index in [0.717, 1.165) is 6.07 Å². The van der Waals surface area contributed by atoms with Gasteiger partial charge in [0.05, 0.1) is 13.2 Å². The van der Waals surface area contributed by atoms with E-state index in [9.17, 15) is 17.6 Å². The minimum atomic E-state index is -4.40. The molecule has 0 aromatic heterocycles. The molecule has 0 aliphatic heterocycles. The van der Waals surface area contributed by atoms with Crippen molar-refractivity contribution in [1.29, 1.82) is 0 Å². The second kappa shape index (κ2) is 7.17. The zero-order valence-electron chi connectivity index (χ0n) is 11.5. The molecule has 0 aliphatic carbocycles. The zero-order chi connectivity index (χ0) is 16.2. The molecule has 2 N–H and O–H groups in total. The highest BCUT2D eigenvalue weighted by Gasteiger charge is 2.48. The summed E-state index contributed by atoms with van der Waals surface area (Å²) in [6.07, 6.45) is -3.90. The van der Waals surface area contributed by atoms with Gasteiger partial charge in [0, 0.05) is 11.1 Å². The lowest BCUT2D eigenvalue weighted by Gasteiger charge is -2.24. The summed E-state index contributed by atoms with van der Waals surface area (Å²) in [5, 5.41) is -0.185. The van der Waals surface area contributed by atoms with E-state index < -0.39 is 18.4 Å². The number of alkyl halides is 4. The van der Waals surface area contributed by atoms with Gasteiger partial charge in [0.1, 0.15) is 6.04 Å². The molecule has 1 rings (SSSR count). The highest BCUT2D eigenvalue weighted by molar-refractivity contribution is 6.31. The van der Waals surface area contributed by atoms with Gasteiger partial charge < -0.3 is 15.2 Å². The van der Waals surface area contributed by atoms with E-state index in [0.29, 0.717) is 6.61 Å². The maximum Gasteiger partial charge on any atom is 0.326 e. The maximum absolute atomic E-state index is 13.4. The molecule has 1 aromatic carbocycles. The molecule has 0 saturated heterocycles. The average Bonchev–Trinajstić information content (AvgIpc) is 2.41. The molecule has 21 heavy (non-hydrogen) atoms. The van der Waals surface area contributed by atoms with Crippen LogP contribution in [0.25, 0.3) is 0 Å². The first kappa shape index (κ1) is 17.8. The van der Waals surface area contributed by atoms with E-state index in [4.69, 9.17) is 26.8 Å². The van der Waals surface area contributed by atoms with Crippen molar-refractivity contribution < 1.29 is 27.0 Å². The molecule has 0 saturated carbocycles. The van der Waals surface area contributed by atoms with Gasteiger partial charge in [-0.3, -0.25) is 0 Å². The number of nitrogens with two attached hydrogens (primary N) is 1. The molecule has 0 amide bonds.